The third kappa shape index (κ3) is 2.39. The highest BCUT2D eigenvalue weighted by Gasteiger charge is 2.14. The number of nitrogens with zero attached hydrogens (tertiary/aromatic N) is 2. The van der Waals surface area contributed by atoms with Crippen molar-refractivity contribution < 1.29 is 18.8 Å². The highest BCUT2D eigenvalue weighted by Crippen LogP contribution is 2.15. The summed E-state index contributed by atoms with van der Waals surface area (Å²) in [6.45, 7) is 0.198. The number of pyridine rings is 1. The molecule has 0 amide bonds. The lowest BCUT2D eigenvalue weighted by Gasteiger charge is -2.05. The van der Waals surface area contributed by atoms with E-state index in [1.807, 2.05) is 0 Å². The molecule has 0 bridgehead atoms. The second-order valence-corrected chi connectivity index (χ2v) is 3.17. The van der Waals surface area contributed by atoms with Gasteiger partial charge in [-0.2, -0.15) is 0 Å². The van der Waals surface area contributed by atoms with Gasteiger partial charge in [0.05, 0.1) is 6.54 Å². The van der Waals surface area contributed by atoms with Crippen LogP contribution in [0.5, 0.6) is 0 Å². The summed E-state index contributed by atoms with van der Waals surface area (Å²) in [5.74, 6) is -2.37. The molecular weight excluding hydrogens is 229 g/mol. The molecule has 0 atom stereocenters. The van der Waals surface area contributed by atoms with E-state index in [0.717, 1.165) is 6.07 Å². The Morgan fingerprint density at radius 1 is 1.53 bits per heavy atom. The molecule has 0 aliphatic heterocycles. The van der Waals surface area contributed by atoms with Crippen molar-refractivity contribution in [3.63, 3.8) is 0 Å². The first kappa shape index (κ1) is 11.1. The number of aromatic carboxylic acids is 1. The van der Waals surface area contributed by atoms with Crippen molar-refractivity contribution in [3.8, 4) is 0 Å². The van der Waals surface area contributed by atoms with Crippen LogP contribution < -0.4 is 5.32 Å². The quantitative estimate of drug-likeness (QED) is 0.838. The van der Waals surface area contributed by atoms with Gasteiger partial charge in [-0.3, -0.25) is 0 Å². The standard InChI is InChI=1S/C10H8FN3O3/c11-8-7(10(15)16)1-3-12-9(8)13-5-6-2-4-17-14-6/h1-4H,5H2,(H,12,13)(H,15,16). The van der Waals surface area contributed by atoms with Crippen LogP contribution in [0.4, 0.5) is 10.2 Å². The van der Waals surface area contributed by atoms with Crippen LogP contribution in [-0.2, 0) is 6.54 Å². The molecule has 0 aromatic carbocycles. The largest absolute Gasteiger partial charge is 0.478 e. The van der Waals surface area contributed by atoms with Gasteiger partial charge in [0, 0.05) is 12.3 Å². The van der Waals surface area contributed by atoms with Crippen LogP contribution in [0.1, 0.15) is 16.1 Å². The van der Waals surface area contributed by atoms with Gasteiger partial charge in [-0.25, -0.2) is 14.2 Å². The first-order valence-corrected chi connectivity index (χ1v) is 4.69. The minimum Gasteiger partial charge on any atom is -0.478 e. The molecule has 0 saturated carbocycles. The van der Waals surface area contributed by atoms with Gasteiger partial charge in [-0.15, -0.1) is 0 Å². The summed E-state index contributed by atoms with van der Waals surface area (Å²) in [5.41, 5.74) is 0.134. The fourth-order valence-corrected chi connectivity index (χ4v) is 1.24. The summed E-state index contributed by atoms with van der Waals surface area (Å²) < 4.78 is 18.2. The fraction of sp³-hybridized carbons (Fsp3) is 0.100. The summed E-state index contributed by atoms with van der Waals surface area (Å²) in [4.78, 5) is 14.4. The number of anilines is 1. The van der Waals surface area contributed by atoms with E-state index in [-0.39, 0.29) is 12.4 Å². The molecule has 0 saturated heterocycles. The zero-order valence-electron chi connectivity index (χ0n) is 8.55. The lowest BCUT2D eigenvalue weighted by Crippen LogP contribution is -2.08. The fourth-order valence-electron chi connectivity index (χ4n) is 1.24. The SMILES string of the molecule is O=C(O)c1ccnc(NCc2ccon2)c1F. The molecule has 0 spiro atoms. The van der Waals surface area contributed by atoms with E-state index in [9.17, 15) is 9.18 Å². The van der Waals surface area contributed by atoms with E-state index < -0.39 is 17.3 Å². The number of hydrogen-bond donors (Lipinski definition) is 2. The van der Waals surface area contributed by atoms with Crippen LogP contribution in [0.15, 0.2) is 29.1 Å². The average molecular weight is 237 g/mol. The Balaban J connectivity index is 2.16. The first-order chi connectivity index (χ1) is 8.18. The number of nitrogens with one attached hydrogen (secondary N) is 1. The Morgan fingerprint density at radius 3 is 3.00 bits per heavy atom. The molecule has 2 aromatic rings. The van der Waals surface area contributed by atoms with Crippen molar-refractivity contribution in [2.24, 2.45) is 0 Å². The molecule has 2 aromatic heterocycles. The summed E-state index contributed by atoms with van der Waals surface area (Å²) in [6, 6.07) is 2.70. The minimum absolute atomic E-state index is 0.132. The van der Waals surface area contributed by atoms with Crippen LogP contribution >= 0.6 is 0 Å². The number of carbonyl (C=O) groups is 1. The molecule has 17 heavy (non-hydrogen) atoms. The molecule has 2 N–H and O–H groups in total. The monoisotopic (exact) mass is 237 g/mol. The van der Waals surface area contributed by atoms with Crippen molar-refractivity contribution >= 4 is 11.8 Å². The highest BCUT2D eigenvalue weighted by molar-refractivity contribution is 5.88. The van der Waals surface area contributed by atoms with Crippen LogP contribution in [0.2, 0.25) is 0 Å². The second-order valence-electron chi connectivity index (χ2n) is 3.17. The van der Waals surface area contributed by atoms with Crippen molar-refractivity contribution in [1.29, 1.82) is 0 Å². The zero-order valence-corrected chi connectivity index (χ0v) is 8.55. The van der Waals surface area contributed by atoms with E-state index in [0.29, 0.717) is 5.69 Å². The molecule has 2 heterocycles. The van der Waals surface area contributed by atoms with Gasteiger partial charge in [0.25, 0.3) is 0 Å². The predicted molar refractivity (Wildman–Crippen MR) is 55.0 cm³/mol. The van der Waals surface area contributed by atoms with Gasteiger partial charge in [-0.1, -0.05) is 5.16 Å². The lowest BCUT2D eigenvalue weighted by molar-refractivity contribution is 0.0692. The van der Waals surface area contributed by atoms with Crippen LogP contribution in [0.25, 0.3) is 0 Å². The first-order valence-electron chi connectivity index (χ1n) is 4.69. The number of hydrogen-bond acceptors (Lipinski definition) is 5. The molecule has 0 aliphatic carbocycles. The van der Waals surface area contributed by atoms with Crippen molar-refractivity contribution in [3.05, 3.63) is 41.7 Å². The van der Waals surface area contributed by atoms with Gasteiger partial charge in [-0.05, 0) is 6.07 Å². The Bertz CT molecular complexity index is 528. The van der Waals surface area contributed by atoms with Gasteiger partial charge in [0.15, 0.2) is 11.6 Å². The molecule has 0 radical (unpaired) electrons. The van der Waals surface area contributed by atoms with Gasteiger partial charge in [0.2, 0.25) is 0 Å². The molecule has 2 rings (SSSR count). The van der Waals surface area contributed by atoms with Gasteiger partial charge >= 0.3 is 5.97 Å². The highest BCUT2D eigenvalue weighted by atomic mass is 19.1. The molecule has 0 unspecified atom stereocenters. The van der Waals surface area contributed by atoms with E-state index in [1.54, 1.807) is 6.07 Å². The van der Waals surface area contributed by atoms with Crippen LogP contribution in [0, 0.1) is 5.82 Å². The van der Waals surface area contributed by atoms with Crippen molar-refractivity contribution in [2.75, 3.05) is 5.32 Å². The van der Waals surface area contributed by atoms with Crippen molar-refractivity contribution in [2.45, 2.75) is 6.54 Å². The maximum atomic E-state index is 13.6. The molecule has 0 aliphatic rings. The summed E-state index contributed by atoms with van der Waals surface area (Å²) in [6.07, 6.45) is 2.60. The maximum Gasteiger partial charge on any atom is 0.338 e. The predicted octanol–water partition coefficient (Wildman–Crippen LogP) is 1.52. The van der Waals surface area contributed by atoms with E-state index in [4.69, 9.17) is 5.11 Å². The summed E-state index contributed by atoms with van der Waals surface area (Å²) in [5, 5.41) is 15.0. The van der Waals surface area contributed by atoms with Crippen molar-refractivity contribution in [1.82, 2.24) is 10.1 Å². The molecular formula is C10H8FN3O3. The second kappa shape index (κ2) is 4.60. The number of carboxylic acids is 1. The topological polar surface area (TPSA) is 88.2 Å². The third-order valence-electron chi connectivity index (χ3n) is 2.05. The minimum atomic E-state index is -1.34. The smallest absolute Gasteiger partial charge is 0.338 e. The van der Waals surface area contributed by atoms with Gasteiger partial charge < -0.3 is 14.9 Å². The number of rotatable bonds is 4. The molecule has 6 nitrogen and oxygen atoms in total. The third-order valence-corrected chi connectivity index (χ3v) is 2.05. The average Bonchev–Trinajstić information content (AvgIpc) is 2.80. The van der Waals surface area contributed by atoms with Crippen LogP contribution in [-0.4, -0.2) is 21.2 Å². The Morgan fingerprint density at radius 2 is 2.35 bits per heavy atom. The van der Waals surface area contributed by atoms with Gasteiger partial charge in [0.1, 0.15) is 17.5 Å². The van der Waals surface area contributed by atoms with E-state index >= 15 is 0 Å². The number of carboxylic acid groups (broad SMARTS) is 1. The van der Waals surface area contributed by atoms with E-state index in [1.165, 1.54) is 12.5 Å². The summed E-state index contributed by atoms with van der Waals surface area (Å²) in [7, 11) is 0. The summed E-state index contributed by atoms with van der Waals surface area (Å²) >= 11 is 0. The Labute approximate surface area is 95.1 Å². The molecule has 7 heteroatoms. The maximum absolute atomic E-state index is 13.6. The lowest BCUT2D eigenvalue weighted by atomic mass is 10.2. The zero-order chi connectivity index (χ0) is 12.3. The number of aromatic nitrogens is 2. The van der Waals surface area contributed by atoms with Crippen LogP contribution in [0.3, 0.4) is 0 Å². The normalized spacial score (nSPS) is 10.2. The number of halogens is 1. The Hall–Kier alpha value is -2.44. The van der Waals surface area contributed by atoms with E-state index in [2.05, 4.69) is 20.0 Å². The molecule has 0 fully saturated rings. The molecule has 88 valence electrons. The Kier molecular flexibility index (Phi) is 2.99.